The summed E-state index contributed by atoms with van der Waals surface area (Å²) in [6.45, 7) is 1.35. The Balaban J connectivity index is 1.79. The number of hydrogen-bond donors (Lipinski definition) is 1. The van der Waals surface area contributed by atoms with Gasteiger partial charge in [-0.25, -0.2) is 8.42 Å². The Hall–Kier alpha value is -1.69. The molecule has 2 aromatic rings. The minimum atomic E-state index is -3.31. The zero-order chi connectivity index (χ0) is 14.9. The first kappa shape index (κ1) is 14.3. The summed E-state index contributed by atoms with van der Waals surface area (Å²) in [5.41, 5.74) is 9.53. The standard InChI is InChI=1S/C16H18N2O2S/c17-9-13-4-3-5-14(8-13)12-21(19,20)18-10-15-6-1-2-7-16(15)11-18/h1-8H,9-12,17H2. The van der Waals surface area contributed by atoms with Gasteiger partial charge in [0.2, 0.25) is 10.0 Å². The molecule has 0 saturated heterocycles. The SMILES string of the molecule is NCc1cccc(CS(=O)(=O)N2Cc3ccccc3C2)c1. The van der Waals surface area contributed by atoms with Gasteiger partial charge in [0.05, 0.1) is 5.75 Å². The van der Waals surface area contributed by atoms with E-state index in [1.165, 1.54) is 0 Å². The molecular weight excluding hydrogens is 284 g/mol. The molecule has 0 saturated carbocycles. The second kappa shape index (κ2) is 5.60. The Labute approximate surface area is 125 Å². The zero-order valence-corrected chi connectivity index (χ0v) is 12.5. The first-order chi connectivity index (χ1) is 10.1. The molecule has 4 nitrogen and oxygen atoms in total. The fourth-order valence-electron chi connectivity index (χ4n) is 2.65. The Kier molecular flexibility index (Phi) is 3.80. The average molecular weight is 302 g/mol. The molecule has 2 aromatic carbocycles. The molecule has 21 heavy (non-hydrogen) atoms. The van der Waals surface area contributed by atoms with Crippen LogP contribution < -0.4 is 5.73 Å². The Bertz CT molecular complexity index is 731. The highest BCUT2D eigenvalue weighted by atomic mass is 32.2. The Morgan fingerprint density at radius 2 is 1.57 bits per heavy atom. The molecule has 5 heteroatoms. The lowest BCUT2D eigenvalue weighted by Gasteiger charge is -2.16. The van der Waals surface area contributed by atoms with Gasteiger partial charge in [0.1, 0.15) is 0 Å². The van der Waals surface area contributed by atoms with Gasteiger partial charge in [0.15, 0.2) is 0 Å². The van der Waals surface area contributed by atoms with Crippen LogP contribution in [-0.4, -0.2) is 12.7 Å². The van der Waals surface area contributed by atoms with E-state index in [-0.39, 0.29) is 5.75 Å². The molecule has 1 heterocycles. The van der Waals surface area contributed by atoms with Gasteiger partial charge in [-0.3, -0.25) is 0 Å². The Morgan fingerprint density at radius 1 is 0.952 bits per heavy atom. The monoisotopic (exact) mass is 302 g/mol. The summed E-state index contributed by atoms with van der Waals surface area (Å²) >= 11 is 0. The third-order valence-corrected chi connectivity index (χ3v) is 5.52. The quantitative estimate of drug-likeness (QED) is 0.939. The lowest BCUT2D eigenvalue weighted by Crippen LogP contribution is -2.27. The van der Waals surface area contributed by atoms with Crippen LogP contribution in [0.15, 0.2) is 48.5 Å². The third-order valence-electron chi connectivity index (χ3n) is 3.78. The van der Waals surface area contributed by atoms with E-state index >= 15 is 0 Å². The largest absolute Gasteiger partial charge is 0.326 e. The summed E-state index contributed by atoms with van der Waals surface area (Å²) in [6, 6.07) is 15.3. The maximum atomic E-state index is 12.6. The molecule has 1 aliphatic rings. The second-order valence-corrected chi connectivity index (χ2v) is 7.29. The molecule has 0 atom stereocenters. The normalized spacial score (nSPS) is 15.1. The van der Waals surface area contributed by atoms with Gasteiger partial charge in [-0.05, 0) is 22.3 Å². The number of sulfonamides is 1. The maximum Gasteiger partial charge on any atom is 0.218 e. The van der Waals surface area contributed by atoms with Gasteiger partial charge < -0.3 is 5.73 Å². The molecule has 0 spiro atoms. The number of nitrogens with zero attached hydrogens (tertiary/aromatic N) is 1. The van der Waals surface area contributed by atoms with E-state index in [0.717, 1.165) is 22.3 Å². The summed E-state index contributed by atoms with van der Waals surface area (Å²) in [5, 5.41) is 0. The van der Waals surface area contributed by atoms with Crippen molar-refractivity contribution >= 4 is 10.0 Å². The van der Waals surface area contributed by atoms with Crippen LogP contribution in [0.25, 0.3) is 0 Å². The molecule has 0 aliphatic carbocycles. The van der Waals surface area contributed by atoms with Crippen LogP contribution in [0.5, 0.6) is 0 Å². The van der Waals surface area contributed by atoms with Crippen LogP contribution in [0.3, 0.4) is 0 Å². The summed E-state index contributed by atoms with van der Waals surface area (Å²) < 4.78 is 26.7. The van der Waals surface area contributed by atoms with E-state index in [1.54, 1.807) is 4.31 Å². The topological polar surface area (TPSA) is 63.4 Å². The van der Waals surface area contributed by atoms with E-state index in [4.69, 9.17) is 5.73 Å². The molecule has 1 aliphatic heterocycles. The summed E-state index contributed by atoms with van der Waals surface area (Å²) in [6.07, 6.45) is 0. The highest BCUT2D eigenvalue weighted by Crippen LogP contribution is 2.26. The predicted molar refractivity (Wildman–Crippen MR) is 82.6 cm³/mol. The average Bonchev–Trinajstić information content (AvgIpc) is 2.92. The molecule has 0 amide bonds. The van der Waals surface area contributed by atoms with Crippen LogP contribution in [0, 0.1) is 0 Å². The summed E-state index contributed by atoms with van der Waals surface area (Å²) in [7, 11) is -3.31. The maximum absolute atomic E-state index is 12.6. The number of nitrogens with two attached hydrogens (primary N) is 1. The second-order valence-electron chi connectivity index (χ2n) is 5.32. The van der Waals surface area contributed by atoms with Gasteiger partial charge in [-0.15, -0.1) is 0 Å². The van der Waals surface area contributed by atoms with Crippen molar-refractivity contribution in [2.24, 2.45) is 5.73 Å². The summed E-state index contributed by atoms with van der Waals surface area (Å²) in [5.74, 6) is 0.0226. The predicted octanol–water partition coefficient (Wildman–Crippen LogP) is 1.99. The van der Waals surface area contributed by atoms with Crippen molar-refractivity contribution in [3.8, 4) is 0 Å². The Morgan fingerprint density at radius 3 is 2.19 bits per heavy atom. The van der Waals surface area contributed by atoms with E-state index in [1.807, 2.05) is 48.5 Å². The van der Waals surface area contributed by atoms with Crippen molar-refractivity contribution in [2.75, 3.05) is 0 Å². The molecule has 0 bridgehead atoms. The lowest BCUT2D eigenvalue weighted by molar-refractivity contribution is 0.431. The van der Waals surface area contributed by atoms with E-state index in [9.17, 15) is 8.42 Å². The third kappa shape index (κ3) is 3.00. The van der Waals surface area contributed by atoms with Gasteiger partial charge in [-0.1, -0.05) is 48.5 Å². The minimum Gasteiger partial charge on any atom is -0.326 e. The van der Waals surface area contributed by atoms with Crippen LogP contribution in [0.4, 0.5) is 0 Å². The van der Waals surface area contributed by atoms with Gasteiger partial charge in [-0.2, -0.15) is 4.31 Å². The molecule has 110 valence electrons. The van der Waals surface area contributed by atoms with Gasteiger partial charge in [0, 0.05) is 19.6 Å². The fourth-order valence-corrected chi connectivity index (χ4v) is 4.10. The highest BCUT2D eigenvalue weighted by molar-refractivity contribution is 7.88. The zero-order valence-electron chi connectivity index (χ0n) is 11.7. The summed E-state index contributed by atoms with van der Waals surface area (Å²) in [4.78, 5) is 0. The van der Waals surface area contributed by atoms with Crippen LogP contribution in [0.1, 0.15) is 22.3 Å². The van der Waals surface area contributed by atoms with E-state index < -0.39 is 10.0 Å². The van der Waals surface area contributed by atoms with Crippen LogP contribution >= 0.6 is 0 Å². The molecule has 3 rings (SSSR count). The highest BCUT2D eigenvalue weighted by Gasteiger charge is 2.28. The molecule has 0 aromatic heterocycles. The van der Waals surface area contributed by atoms with Crippen molar-refractivity contribution < 1.29 is 8.42 Å². The van der Waals surface area contributed by atoms with Crippen molar-refractivity contribution in [3.05, 3.63) is 70.8 Å². The van der Waals surface area contributed by atoms with Gasteiger partial charge >= 0.3 is 0 Å². The van der Waals surface area contributed by atoms with Crippen molar-refractivity contribution in [1.82, 2.24) is 4.31 Å². The number of hydrogen-bond acceptors (Lipinski definition) is 3. The van der Waals surface area contributed by atoms with E-state index in [2.05, 4.69) is 0 Å². The molecule has 0 unspecified atom stereocenters. The van der Waals surface area contributed by atoms with E-state index in [0.29, 0.717) is 19.6 Å². The number of rotatable bonds is 4. The number of fused-ring (bicyclic) bond motifs is 1. The van der Waals surface area contributed by atoms with Gasteiger partial charge in [0.25, 0.3) is 0 Å². The van der Waals surface area contributed by atoms with Crippen LogP contribution in [0.2, 0.25) is 0 Å². The molecule has 2 N–H and O–H groups in total. The van der Waals surface area contributed by atoms with Crippen molar-refractivity contribution in [1.29, 1.82) is 0 Å². The van der Waals surface area contributed by atoms with Crippen LogP contribution in [-0.2, 0) is 35.4 Å². The minimum absolute atomic E-state index is 0.0226. The first-order valence-corrected chi connectivity index (χ1v) is 8.52. The van der Waals surface area contributed by atoms with Crippen molar-refractivity contribution in [2.45, 2.75) is 25.4 Å². The first-order valence-electron chi connectivity index (χ1n) is 6.91. The number of benzene rings is 2. The smallest absolute Gasteiger partial charge is 0.218 e. The van der Waals surface area contributed by atoms with Crippen molar-refractivity contribution in [3.63, 3.8) is 0 Å². The lowest BCUT2D eigenvalue weighted by atomic mass is 10.1. The molecule has 0 fully saturated rings. The fraction of sp³-hybridized carbons (Fsp3) is 0.250. The molecule has 0 radical (unpaired) electrons. The molecular formula is C16H18N2O2S.